The lowest BCUT2D eigenvalue weighted by molar-refractivity contribution is 0.785. The molecule has 1 aromatic carbocycles. The third-order valence-corrected chi connectivity index (χ3v) is 3.52. The molecule has 3 nitrogen and oxygen atoms in total. The van der Waals surface area contributed by atoms with E-state index in [0.717, 1.165) is 5.69 Å². The van der Waals surface area contributed by atoms with Gasteiger partial charge in [0.1, 0.15) is 0 Å². The maximum Gasteiger partial charge on any atom is 0.0656 e. The van der Waals surface area contributed by atoms with Crippen molar-refractivity contribution >= 4 is 10.8 Å². The van der Waals surface area contributed by atoms with Crippen LogP contribution in [0.5, 0.6) is 0 Å². The number of hydrogen-bond donors (Lipinski definition) is 0. The van der Waals surface area contributed by atoms with E-state index in [-0.39, 0.29) is 0 Å². The number of pyridine rings is 1. The van der Waals surface area contributed by atoms with Gasteiger partial charge in [0.2, 0.25) is 0 Å². The van der Waals surface area contributed by atoms with Crippen molar-refractivity contribution in [3.8, 4) is 0 Å². The zero-order chi connectivity index (χ0) is 15.9. The fourth-order valence-electron chi connectivity index (χ4n) is 2.08. The highest BCUT2D eigenvalue weighted by molar-refractivity contribution is 5.82. The summed E-state index contributed by atoms with van der Waals surface area (Å²) in [6.07, 6.45) is 5.43. The molecule has 2 aromatic heterocycles. The average Bonchev–Trinajstić information content (AvgIpc) is 2.55. The van der Waals surface area contributed by atoms with Crippen molar-refractivity contribution in [3.63, 3.8) is 0 Å². The summed E-state index contributed by atoms with van der Waals surface area (Å²) in [5, 5.41) is 10.2. The van der Waals surface area contributed by atoms with Crippen molar-refractivity contribution in [3.05, 3.63) is 66.2 Å². The molecule has 114 valence electrons. The van der Waals surface area contributed by atoms with Crippen molar-refractivity contribution in [2.75, 3.05) is 0 Å². The summed E-state index contributed by atoms with van der Waals surface area (Å²) in [6.45, 7) is 8.62. The first kappa shape index (κ1) is 16.1. The molecule has 3 rings (SSSR count). The molecule has 0 saturated heterocycles. The van der Waals surface area contributed by atoms with E-state index in [1.807, 2.05) is 24.5 Å². The maximum absolute atomic E-state index is 4.09. The number of aromatic nitrogens is 3. The molecule has 0 spiro atoms. The first-order valence-electron chi connectivity index (χ1n) is 7.69. The third kappa shape index (κ3) is 4.35. The Morgan fingerprint density at radius 3 is 2.23 bits per heavy atom. The van der Waals surface area contributed by atoms with Crippen molar-refractivity contribution in [2.45, 2.75) is 39.5 Å². The molecule has 0 unspecified atom stereocenters. The smallest absolute Gasteiger partial charge is 0.0656 e. The number of nitrogens with zero attached hydrogens (tertiary/aromatic N) is 3. The summed E-state index contributed by atoms with van der Waals surface area (Å²) >= 11 is 0. The lowest BCUT2D eigenvalue weighted by atomic mass is 10.0. The van der Waals surface area contributed by atoms with E-state index in [4.69, 9.17) is 0 Å². The molecule has 0 radical (unpaired) electrons. The Balaban J connectivity index is 0.000000172. The fraction of sp³-hybridized carbons (Fsp3) is 0.316. The molecule has 2 heterocycles. The third-order valence-electron chi connectivity index (χ3n) is 3.52. The Hall–Kier alpha value is -2.29. The van der Waals surface area contributed by atoms with Gasteiger partial charge in [-0.3, -0.25) is 4.98 Å². The topological polar surface area (TPSA) is 38.7 Å². The molecule has 0 saturated carbocycles. The zero-order valence-corrected chi connectivity index (χ0v) is 13.7. The SMILES string of the molecule is CC(C)c1ccc2cnccc2c1.CC(C)c1cccnn1. The van der Waals surface area contributed by atoms with E-state index in [2.05, 4.69) is 67.1 Å². The molecule has 3 aromatic rings. The van der Waals surface area contributed by atoms with Gasteiger partial charge in [-0.05, 0) is 41.0 Å². The zero-order valence-electron chi connectivity index (χ0n) is 13.7. The van der Waals surface area contributed by atoms with E-state index >= 15 is 0 Å². The van der Waals surface area contributed by atoms with Crippen LogP contribution >= 0.6 is 0 Å². The fourth-order valence-corrected chi connectivity index (χ4v) is 2.08. The second-order valence-electron chi connectivity index (χ2n) is 5.94. The average molecular weight is 293 g/mol. The van der Waals surface area contributed by atoms with Crippen LogP contribution in [0.3, 0.4) is 0 Å². The second kappa shape index (κ2) is 7.64. The minimum Gasteiger partial charge on any atom is -0.264 e. The first-order chi connectivity index (χ1) is 10.6. The van der Waals surface area contributed by atoms with Gasteiger partial charge in [-0.25, -0.2) is 0 Å². The Kier molecular flexibility index (Phi) is 5.59. The van der Waals surface area contributed by atoms with Crippen LogP contribution in [0.15, 0.2) is 55.0 Å². The van der Waals surface area contributed by atoms with Gasteiger partial charge in [0.25, 0.3) is 0 Å². The van der Waals surface area contributed by atoms with Crippen molar-refractivity contribution in [1.29, 1.82) is 0 Å². The minimum atomic E-state index is 0.485. The molecule has 0 atom stereocenters. The van der Waals surface area contributed by atoms with Crippen LogP contribution in [-0.4, -0.2) is 15.2 Å². The van der Waals surface area contributed by atoms with Crippen LogP contribution in [0.25, 0.3) is 10.8 Å². The Morgan fingerprint density at radius 1 is 0.818 bits per heavy atom. The highest BCUT2D eigenvalue weighted by atomic mass is 15.1. The summed E-state index contributed by atoms with van der Waals surface area (Å²) in [4.78, 5) is 4.09. The Morgan fingerprint density at radius 2 is 1.64 bits per heavy atom. The first-order valence-corrected chi connectivity index (χ1v) is 7.69. The van der Waals surface area contributed by atoms with Crippen LogP contribution in [-0.2, 0) is 0 Å². The molecular weight excluding hydrogens is 270 g/mol. The van der Waals surface area contributed by atoms with Crippen LogP contribution in [0.4, 0.5) is 0 Å². The molecule has 0 N–H and O–H groups in total. The van der Waals surface area contributed by atoms with E-state index in [0.29, 0.717) is 11.8 Å². The van der Waals surface area contributed by atoms with Crippen LogP contribution < -0.4 is 0 Å². The maximum atomic E-state index is 4.09. The van der Waals surface area contributed by atoms with E-state index in [1.54, 1.807) is 6.20 Å². The van der Waals surface area contributed by atoms with Gasteiger partial charge in [-0.15, -0.1) is 0 Å². The van der Waals surface area contributed by atoms with Crippen molar-refractivity contribution < 1.29 is 0 Å². The monoisotopic (exact) mass is 293 g/mol. The number of benzene rings is 1. The molecule has 0 fully saturated rings. The van der Waals surface area contributed by atoms with Crippen LogP contribution in [0, 0.1) is 0 Å². The quantitative estimate of drug-likeness (QED) is 0.670. The molecule has 0 aliphatic rings. The summed E-state index contributed by atoms with van der Waals surface area (Å²) in [7, 11) is 0. The lowest BCUT2D eigenvalue weighted by Crippen LogP contribution is -1.92. The summed E-state index contributed by atoms with van der Waals surface area (Å²) < 4.78 is 0. The summed E-state index contributed by atoms with van der Waals surface area (Å²) in [5.74, 6) is 1.08. The predicted octanol–water partition coefficient (Wildman–Crippen LogP) is 4.96. The lowest BCUT2D eigenvalue weighted by Gasteiger charge is -2.05. The van der Waals surface area contributed by atoms with E-state index in [1.165, 1.54) is 16.3 Å². The molecule has 0 aliphatic carbocycles. The molecule has 0 aliphatic heterocycles. The molecule has 0 bridgehead atoms. The van der Waals surface area contributed by atoms with Gasteiger partial charge >= 0.3 is 0 Å². The van der Waals surface area contributed by atoms with Gasteiger partial charge in [0.15, 0.2) is 0 Å². The molecular formula is C19H23N3. The predicted molar refractivity (Wildman–Crippen MR) is 92.0 cm³/mol. The number of rotatable bonds is 2. The number of fused-ring (bicyclic) bond motifs is 1. The highest BCUT2D eigenvalue weighted by Gasteiger charge is 1.99. The second-order valence-corrected chi connectivity index (χ2v) is 5.94. The van der Waals surface area contributed by atoms with Crippen molar-refractivity contribution in [1.82, 2.24) is 15.2 Å². The van der Waals surface area contributed by atoms with Gasteiger partial charge in [0.05, 0.1) is 5.69 Å². The van der Waals surface area contributed by atoms with Gasteiger partial charge < -0.3 is 0 Å². The Bertz CT molecular complexity index is 706. The largest absolute Gasteiger partial charge is 0.264 e. The summed E-state index contributed by atoms with van der Waals surface area (Å²) in [5.41, 5.74) is 2.44. The molecule has 3 heteroatoms. The van der Waals surface area contributed by atoms with Gasteiger partial charge in [-0.1, -0.05) is 45.9 Å². The highest BCUT2D eigenvalue weighted by Crippen LogP contribution is 2.20. The van der Waals surface area contributed by atoms with Gasteiger partial charge in [0, 0.05) is 24.0 Å². The van der Waals surface area contributed by atoms with Crippen molar-refractivity contribution in [2.24, 2.45) is 0 Å². The van der Waals surface area contributed by atoms with Crippen LogP contribution in [0.2, 0.25) is 0 Å². The standard InChI is InChI=1S/C12H13N.C7H10N2/c1-9(2)10-3-4-12-8-13-6-5-11(12)7-10;1-6(2)7-4-3-5-8-9-7/h3-9H,1-2H3;3-6H,1-2H3. The molecule has 0 amide bonds. The normalized spacial score (nSPS) is 10.6. The van der Waals surface area contributed by atoms with Crippen LogP contribution in [0.1, 0.15) is 50.8 Å². The molecule has 22 heavy (non-hydrogen) atoms. The van der Waals surface area contributed by atoms with E-state index < -0.39 is 0 Å². The van der Waals surface area contributed by atoms with Gasteiger partial charge in [-0.2, -0.15) is 10.2 Å². The summed E-state index contributed by atoms with van der Waals surface area (Å²) in [6, 6.07) is 12.5. The Labute approximate surface area is 132 Å². The van der Waals surface area contributed by atoms with E-state index in [9.17, 15) is 0 Å². The number of hydrogen-bond acceptors (Lipinski definition) is 3. The minimum absolute atomic E-state index is 0.485.